The van der Waals surface area contributed by atoms with Crippen molar-refractivity contribution in [3.05, 3.63) is 0 Å². The molecule has 1 N–H and O–H groups in total. The van der Waals surface area contributed by atoms with E-state index in [1.807, 2.05) is 0 Å². The first-order valence-electron chi connectivity index (χ1n) is 8.26. The molecule has 3 nitrogen and oxygen atoms in total. The maximum atomic E-state index is 12.3. The van der Waals surface area contributed by atoms with Crippen LogP contribution in [0.1, 0.15) is 57.8 Å². The molecule has 3 fully saturated rings. The van der Waals surface area contributed by atoms with Gasteiger partial charge in [-0.25, -0.2) is 0 Å². The van der Waals surface area contributed by atoms with Crippen molar-refractivity contribution < 1.29 is 4.79 Å². The fraction of sp³-hybridized carbons (Fsp3) is 0.938. The summed E-state index contributed by atoms with van der Waals surface area (Å²) in [5.41, 5.74) is 0.431. The molecule has 1 unspecified atom stereocenters. The summed E-state index contributed by atoms with van der Waals surface area (Å²) in [5.74, 6) is 1.26. The Hall–Kier alpha value is -0.570. The van der Waals surface area contributed by atoms with Gasteiger partial charge in [0.1, 0.15) is 0 Å². The molecule has 3 heteroatoms. The second-order valence-electron chi connectivity index (χ2n) is 7.03. The van der Waals surface area contributed by atoms with E-state index < -0.39 is 0 Å². The highest BCUT2D eigenvalue weighted by atomic mass is 16.2. The van der Waals surface area contributed by atoms with Crippen LogP contribution in [0.3, 0.4) is 0 Å². The van der Waals surface area contributed by atoms with Crippen LogP contribution < -0.4 is 5.32 Å². The summed E-state index contributed by atoms with van der Waals surface area (Å²) in [7, 11) is 0. The van der Waals surface area contributed by atoms with Crippen LogP contribution in [0, 0.1) is 11.3 Å². The van der Waals surface area contributed by atoms with Gasteiger partial charge >= 0.3 is 0 Å². The van der Waals surface area contributed by atoms with Gasteiger partial charge in [0.15, 0.2) is 0 Å². The third kappa shape index (κ3) is 3.13. The van der Waals surface area contributed by atoms with Gasteiger partial charge in [-0.3, -0.25) is 4.79 Å². The van der Waals surface area contributed by atoms with Crippen LogP contribution in [-0.2, 0) is 4.79 Å². The molecule has 0 aromatic rings. The summed E-state index contributed by atoms with van der Waals surface area (Å²) >= 11 is 0. The number of hydrogen-bond acceptors (Lipinski definition) is 2. The van der Waals surface area contributed by atoms with Gasteiger partial charge in [-0.15, -0.1) is 0 Å². The predicted octanol–water partition coefficient (Wildman–Crippen LogP) is 2.56. The zero-order chi connectivity index (χ0) is 13.1. The second kappa shape index (κ2) is 5.82. The van der Waals surface area contributed by atoms with Gasteiger partial charge in [0.25, 0.3) is 0 Å². The van der Waals surface area contributed by atoms with Gasteiger partial charge in [0, 0.05) is 31.5 Å². The van der Waals surface area contributed by atoms with E-state index in [0.717, 1.165) is 44.9 Å². The standard InChI is InChI=1S/C16H28N2O/c19-15(7-6-14-4-2-1-3-5-14)18-11-9-16(13-18)8-10-17-12-16/h14,17H,1-13H2. The van der Waals surface area contributed by atoms with Crippen LogP contribution in [0.5, 0.6) is 0 Å². The van der Waals surface area contributed by atoms with E-state index >= 15 is 0 Å². The van der Waals surface area contributed by atoms with Crippen LogP contribution in [-0.4, -0.2) is 37.0 Å². The molecular weight excluding hydrogens is 236 g/mol. The largest absolute Gasteiger partial charge is 0.342 e. The molecule has 2 heterocycles. The Morgan fingerprint density at radius 1 is 1.21 bits per heavy atom. The van der Waals surface area contributed by atoms with Crippen molar-refractivity contribution in [3.8, 4) is 0 Å². The molecule has 1 aliphatic carbocycles. The van der Waals surface area contributed by atoms with Gasteiger partial charge < -0.3 is 10.2 Å². The van der Waals surface area contributed by atoms with Crippen LogP contribution >= 0.6 is 0 Å². The van der Waals surface area contributed by atoms with E-state index in [1.165, 1.54) is 44.9 Å². The first-order valence-corrected chi connectivity index (χ1v) is 8.26. The highest BCUT2D eigenvalue weighted by Crippen LogP contribution is 2.36. The van der Waals surface area contributed by atoms with E-state index in [0.29, 0.717) is 11.3 Å². The molecule has 2 aliphatic heterocycles. The van der Waals surface area contributed by atoms with Crippen LogP contribution in [0.2, 0.25) is 0 Å². The molecule has 3 rings (SSSR count). The lowest BCUT2D eigenvalue weighted by Gasteiger charge is -2.24. The average molecular weight is 264 g/mol. The SMILES string of the molecule is O=C(CCC1CCCCC1)N1CCC2(CCNC2)C1. The van der Waals surface area contributed by atoms with Gasteiger partial charge in [-0.05, 0) is 31.7 Å². The lowest BCUT2D eigenvalue weighted by atomic mass is 9.86. The molecule has 2 saturated heterocycles. The third-order valence-electron chi connectivity index (χ3n) is 5.61. The summed E-state index contributed by atoms with van der Waals surface area (Å²) in [4.78, 5) is 14.5. The van der Waals surface area contributed by atoms with E-state index in [1.54, 1.807) is 0 Å². The first kappa shape index (κ1) is 13.4. The van der Waals surface area contributed by atoms with Crippen molar-refractivity contribution in [2.75, 3.05) is 26.2 Å². The molecule has 0 radical (unpaired) electrons. The van der Waals surface area contributed by atoms with Gasteiger partial charge in [0.05, 0.1) is 0 Å². The topological polar surface area (TPSA) is 32.3 Å². The number of carbonyl (C=O) groups is 1. The number of nitrogens with zero attached hydrogens (tertiary/aromatic N) is 1. The Morgan fingerprint density at radius 3 is 2.79 bits per heavy atom. The summed E-state index contributed by atoms with van der Waals surface area (Å²) in [6.07, 6.45) is 11.3. The highest BCUT2D eigenvalue weighted by Gasteiger charge is 2.41. The average Bonchev–Trinajstić information content (AvgIpc) is 3.08. The smallest absolute Gasteiger partial charge is 0.222 e. The second-order valence-corrected chi connectivity index (χ2v) is 7.03. The van der Waals surface area contributed by atoms with Crippen molar-refractivity contribution in [2.45, 2.75) is 57.8 Å². The van der Waals surface area contributed by atoms with Crippen LogP contribution in [0.15, 0.2) is 0 Å². The molecule has 19 heavy (non-hydrogen) atoms. The third-order valence-corrected chi connectivity index (χ3v) is 5.61. The van der Waals surface area contributed by atoms with Crippen molar-refractivity contribution >= 4 is 5.91 Å². The lowest BCUT2D eigenvalue weighted by Crippen LogP contribution is -2.33. The number of rotatable bonds is 3. The van der Waals surface area contributed by atoms with Crippen molar-refractivity contribution in [1.82, 2.24) is 10.2 Å². The lowest BCUT2D eigenvalue weighted by molar-refractivity contribution is -0.130. The fourth-order valence-electron chi connectivity index (χ4n) is 4.25. The predicted molar refractivity (Wildman–Crippen MR) is 76.9 cm³/mol. The number of likely N-dealkylation sites (tertiary alicyclic amines) is 1. The fourth-order valence-corrected chi connectivity index (χ4v) is 4.25. The molecule has 1 amide bonds. The Morgan fingerprint density at radius 2 is 2.05 bits per heavy atom. The van der Waals surface area contributed by atoms with Crippen molar-refractivity contribution in [3.63, 3.8) is 0 Å². The summed E-state index contributed by atoms with van der Waals surface area (Å²) in [6, 6.07) is 0. The van der Waals surface area contributed by atoms with Crippen LogP contribution in [0.25, 0.3) is 0 Å². The summed E-state index contributed by atoms with van der Waals surface area (Å²) < 4.78 is 0. The zero-order valence-corrected chi connectivity index (χ0v) is 12.1. The number of hydrogen-bond donors (Lipinski definition) is 1. The van der Waals surface area contributed by atoms with Crippen molar-refractivity contribution in [2.24, 2.45) is 11.3 Å². The maximum absolute atomic E-state index is 12.3. The van der Waals surface area contributed by atoms with E-state index in [2.05, 4.69) is 10.2 Å². The molecule has 1 saturated carbocycles. The Labute approximate surface area is 117 Å². The molecule has 0 aromatic carbocycles. The Balaban J connectivity index is 1.43. The van der Waals surface area contributed by atoms with Crippen LogP contribution in [0.4, 0.5) is 0 Å². The first-order chi connectivity index (χ1) is 9.27. The molecule has 108 valence electrons. The Bertz CT molecular complexity index is 317. The number of amides is 1. The number of carbonyl (C=O) groups excluding carboxylic acids is 1. The Kier molecular flexibility index (Phi) is 4.11. The van der Waals surface area contributed by atoms with Crippen molar-refractivity contribution in [1.29, 1.82) is 0 Å². The molecule has 1 atom stereocenters. The minimum atomic E-state index is 0.425. The van der Waals surface area contributed by atoms with E-state index in [9.17, 15) is 4.79 Å². The zero-order valence-electron chi connectivity index (χ0n) is 12.1. The molecule has 0 aromatic heterocycles. The number of nitrogens with one attached hydrogen (secondary N) is 1. The highest BCUT2D eigenvalue weighted by molar-refractivity contribution is 5.76. The van der Waals surface area contributed by atoms with E-state index in [4.69, 9.17) is 0 Å². The molecule has 3 aliphatic rings. The normalized spacial score (nSPS) is 32.3. The summed E-state index contributed by atoms with van der Waals surface area (Å²) in [5, 5.41) is 3.46. The molecule has 0 bridgehead atoms. The molecular formula is C16H28N2O. The molecule has 1 spiro atoms. The quantitative estimate of drug-likeness (QED) is 0.849. The minimum Gasteiger partial charge on any atom is -0.342 e. The minimum absolute atomic E-state index is 0.425. The van der Waals surface area contributed by atoms with Gasteiger partial charge in [0.2, 0.25) is 5.91 Å². The summed E-state index contributed by atoms with van der Waals surface area (Å²) in [6.45, 7) is 4.29. The van der Waals surface area contributed by atoms with Gasteiger partial charge in [-0.2, -0.15) is 0 Å². The maximum Gasteiger partial charge on any atom is 0.222 e. The van der Waals surface area contributed by atoms with Gasteiger partial charge in [-0.1, -0.05) is 32.1 Å². The monoisotopic (exact) mass is 264 g/mol. The van der Waals surface area contributed by atoms with E-state index in [-0.39, 0.29) is 0 Å².